The molecule has 2 aliphatic heterocycles. The van der Waals surface area contributed by atoms with Gasteiger partial charge in [0.25, 0.3) is 0 Å². The topological polar surface area (TPSA) is 46.6 Å². The van der Waals surface area contributed by atoms with Gasteiger partial charge in [-0.25, -0.2) is 4.79 Å². The van der Waals surface area contributed by atoms with Crippen LogP contribution in [0.1, 0.15) is 58.3 Å². The van der Waals surface area contributed by atoms with Crippen molar-refractivity contribution in [2.24, 2.45) is 0 Å². The number of amides is 1. The van der Waals surface area contributed by atoms with Gasteiger partial charge in [-0.1, -0.05) is 26.2 Å². The molecule has 2 aliphatic rings. The van der Waals surface area contributed by atoms with Crippen molar-refractivity contribution >= 4 is 11.9 Å². The van der Waals surface area contributed by atoms with Gasteiger partial charge in [-0.05, 0) is 25.7 Å². The lowest BCUT2D eigenvalue weighted by molar-refractivity contribution is -0.152. The lowest BCUT2D eigenvalue weighted by Crippen LogP contribution is -2.38. The zero-order chi connectivity index (χ0) is 13.0. The molecule has 2 atom stereocenters. The number of hydrogen-bond acceptors (Lipinski definition) is 3. The molecule has 102 valence electrons. The molecule has 0 aromatic heterocycles. The molecule has 0 N–H and O–H groups in total. The van der Waals surface area contributed by atoms with Crippen LogP contribution in [0, 0.1) is 0 Å². The Morgan fingerprint density at radius 2 is 2.11 bits per heavy atom. The molecule has 0 spiro atoms. The van der Waals surface area contributed by atoms with Crippen LogP contribution in [0.5, 0.6) is 0 Å². The second kappa shape index (κ2) is 6.21. The van der Waals surface area contributed by atoms with E-state index in [4.69, 9.17) is 4.74 Å². The first-order valence-electron chi connectivity index (χ1n) is 7.22. The number of esters is 1. The van der Waals surface area contributed by atoms with Gasteiger partial charge in [0.2, 0.25) is 5.91 Å². The molecule has 0 saturated carbocycles. The number of carbonyl (C=O) groups excluding carboxylic acids is 2. The van der Waals surface area contributed by atoms with Crippen LogP contribution in [0.15, 0.2) is 0 Å². The summed E-state index contributed by atoms with van der Waals surface area (Å²) in [4.78, 5) is 25.7. The van der Waals surface area contributed by atoms with E-state index in [0.29, 0.717) is 6.42 Å². The molecular weight excluding hydrogens is 230 g/mol. The quantitative estimate of drug-likeness (QED) is 0.558. The number of carbonyl (C=O) groups is 2. The van der Waals surface area contributed by atoms with Gasteiger partial charge >= 0.3 is 5.97 Å². The first-order valence-corrected chi connectivity index (χ1v) is 7.22. The third-order valence-corrected chi connectivity index (χ3v) is 3.91. The minimum atomic E-state index is -0.293. The molecule has 0 bridgehead atoms. The van der Waals surface area contributed by atoms with E-state index in [-0.39, 0.29) is 24.0 Å². The third kappa shape index (κ3) is 3.03. The molecule has 0 unspecified atom stereocenters. The summed E-state index contributed by atoms with van der Waals surface area (Å²) >= 11 is 0. The number of ether oxygens (including phenoxy) is 1. The van der Waals surface area contributed by atoms with Gasteiger partial charge in [-0.3, -0.25) is 4.79 Å². The minimum Gasteiger partial charge on any atom is -0.460 e. The zero-order valence-corrected chi connectivity index (χ0v) is 11.2. The van der Waals surface area contributed by atoms with Gasteiger partial charge in [-0.2, -0.15) is 0 Å². The lowest BCUT2D eigenvalue weighted by atomic mass is 10.1. The predicted octanol–water partition coefficient (Wildman–Crippen LogP) is 2.26. The summed E-state index contributed by atoms with van der Waals surface area (Å²) in [6, 6.07) is -0.293. The average Bonchev–Trinajstić information content (AvgIpc) is 2.79. The Balaban J connectivity index is 1.87. The third-order valence-electron chi connectivity index (χ3n) is 3.91. The van der Waals surface area contributed by atoms with Gasteiger partial charge in [0, 0.05) is 6.54 Å². The largest absolute Gasteiger partial charge is 0.460 e. The van der Waals surface area contributed by atoms with E-state index < -0.39 is 0 Å². The Morgan fingerprint density at radius 3 is 2.89 bits per heavy atom. The van der Waals surface area contributed by atoms with Crippen molar-refractivity contribution in [3.05, 3.63) is 0 Å². The molecule has 4 heteroatoms. The maximum absolute atomic E-state index is 12.0. The van der Waals surface area contributed by atoms with E-state index >= 15 is 0 Å². The van der Waals surface area contributed by atoms with Crippen LogP contribution in [0.4, 0.5) is 0 Å². The molecule has 2 heterocycles. The summed E-state index contributed by atoms with van der Waals surface area (Å²) in [5, 5.41) is 0. The van der Waals surface area contributed by atoms with Crippen LogP contribution in [-0.2, 0) is 14.3 Å². The van der Waals surface area contributed by atoms with Crippen molar-refractivity contribution in [1.82, 2.24) is 4.90 Å². The van der Waals surface area contributed by atoms with Crippen molar-refractivity contribution < 1.29 is 14.3 Å². The van der Waals surface area contributed by atoms with Crippen molar-refractivity contribution in [2.45, 2.75) is 70.4 Å². The Kier molecular flexibility index (Phi) is 4.61. The Hall–Kier alpha value is -1.06. The summed E-state index contributed by atoms with van der Waals surface area (Å²) in [6.45, 7) is 2.89. The fourth-order valence-electron chi connectivity index (χ4n) is 2.87. The smallest absolute Gasteiger partial charge is 0.329 e. The second-order valence-electron chi connectivity index (χ2n) is 5.36. The summed E-state index contributed by atoms with van der Waals surface area (Å²) in [7, 11) is 0. The molecule has 4 nitrogen and oxygen atoms in total. The average molecular weight is 253 g/mol. The van der Waals surface area contributed by atoms with Crippen LogP contribution in [0.25, 0.3) is 0 Å². The van der Waals surface area contributed by atoms with E-state index in [1.807, 2.05) is 0 Å². The van der Waals surface area contributed by atoms with E-state index in [9.17, 15) is 9.59 Å². The van der Waals surface area contributed by atoms with Crippen molar-refractivity contribution in [2.75, 3.05) is 6.54 Å². The summed E-state index contributed by atoms with van der Waals surface area (Å²) < 4.78 is 5.47. The minimum absolute atomic E-state index is 0.101. The second-order valence-corrected chi connectivity index (χ2v) is 5.36. The van der Waals surface area contributed by atoms with Gasteiger partial charge in [0.15, 0.2) is 0 Å². The Morgan fingerprint density at radius 1 is 1.28 bits per heavy atom. The van der Waals surface area contributed by atoms with Crippen LogP contribution in [-0.4, -0.2) is 35.5 Å². The van der Waals surface area contributed by atoms with Crippen LogP contribution in [0.3, 0.4) is 0 Å². The molecule has 1 amide bonds. The van der Waals surface area contributed by atoms with Gasteiger partial charge in [-0.15, -0.1) is 0 Å². The highest BCUT2D eigenvalue weighted by Gasteiger charge is 2.40. The van der Waals surface area contributed by atoms with Gasteiger partial charge in [0.05, 0.1) is 6.42 Å². The summed E-state index contributed by atoms with van der Waals surface area (Å²) in [5.74, 6) is -0.0808. The van der Waals surface area contributed by atoms with E-state index in [1.54, 1.807) is 4.90 Å². The van der Waals surface area contributed by atoms with Crippen molar-refractivity contribution in [3.63, 3.8) is 0 Å². The SMILES string of the molecule is CCCCCC[C@H]1CC(=O)N2CCC[C@H]2C(=O)O1. The van der Waals surface area contributed by atoms with Gasteiger partial charge in [0.1, 0.15) is 12.1 Å². The molecule has 0 aromatic rings. The van der Waals surface area contributed by atoms with Crippen LogP contribution < -0.4 is 0 Å². The molecule has 0 aliphatic carbocycles. The van der Waals surface area contributed by atoms with Crippen LogP contribution in [0.2, 0.25) is 0 Å². The van der Waals surface area contributed by atoms with Crippen LogP contribution >= 0.6 is 0 Å². The molecule has 0 aromatic carbocycles. The van der Waals surface area contributed by atoms with E-state index in [2.05, 4.69) is 6.92 Å². The fourth-order valence-corrected chi connectivity index (χ4v) is 2.87. The Bertz CT molecular complexity index is 292. The molecular formula is C14H23NO3. The predicted molar refractivity (Wildman–Crippen MR) is 68.0 cm³/mol. The monoisotopic (exact) mass is 253 g/mol. The fraction of sp³-hybridized carbons (Fsp3) is 0.857. The lowest BCUT2D eigenvalue weighted by Gasteiger charge is -2.18. The van der Waals surface area contributed by atoms with Crippen molar-refractivity contribution in [1.29, 1.82) is 0 Å². The molecule has 18 heavy (non-hydrogen) atoms. The molecule has 2 saturated heterocycles. The highest BCUT2D eigenvalue weighted by atomic mass is 16.5. The molecule has 0 radical (unpaired) electrons. The molecule has 2 rings (SSSR count). The van der Waals surface area contributed by atoms with Crippen molar-refractivity contribution in [3.8, 4) is 0 Å². The summed E-state index contributed by atoms with van der Waals surface area (Å²) in [5.41, 5.74) is 0. The first kappa shape index (κ1) is 13.4. The number of unbranched alkanes of at least 4 members (excludes halogenated alkanes) is 3. The van der Waals surface area contributed by atoms with Gasteiger partial charge < -0.3 is 9.64 Å². The number of nitrogens with zero attached hydrogens (tertiary/aromatic N) is 1. The Labute approximate surface area is 109 Å². The normalized spacial score (nSPS) is 27.9. The maximum atomic E-state index is 12.0. The standard InChI is InChI=1S/C14H23NO3/c1-2-3-4-5-7-11-10-13(16)15-9-6-8-12(15)14(17)18-11/h11-12H,2-10H2,1H3/t11-,12-/m0/s1. The number of fused-ring (bicyclic) bond motifs is 1. The number of hydrogen-bond donors (Lipinski definition) is 0. The van der Waals surface area contributed by atoms with E-state index in [0.717, 1.165) is 38.6 Å². The highest BCUT2D eigenvalue weighted by molar-refractivity contribution is 5.87. The first-order chi connectivity index (χ1) is 8.72. The number of cyclic esters (lactones) is 1. The highest BCUT2D eigenvalue weighted by Crippen LogP contribution is 2.26. The molecule has 2 fully saturated rings. The zero-order valence-electron chi connectivity index (χ0n) is 11.2. The van der Waals surface area contributed by atoms with E-state index in [1.165, 1.54) is 12.8 Å². The number of rotatable bonds is 5. The maximum Gasteiger partial charge on any atom is 0.329 e. The summed E-state index contributed by atoms with van der Waals surface area (Å²) in [6.07, 6.45) is 7.33.